The van der Waals surface area contributed by atoms with E-state index in [1.54, 1.807) is 0 Å². The second-order valence-electron chi connectivity index (χ2n) is 6.72. The molecule has 0 bridgehead atoms. The first-order valence-corrected chi connectivity index (χ1v) is 9.17. The van der Waals surface area contributed by atoms with E-state index < -0.39 is 11.5 Å². The van der Waals surface area contributed by atoms with Crippen molar-refractivity contribution >= 4 is 23.8 Å². The average Bonchev–Trinajstić information content (AvgIpc) is 3.17. The summed E-state index contributed by atoms with van der Waals surface area (Å²) in [5, 5.41) is 10.9. The van der Waals surface area contributed by atoms with Gasteiger partial charge in [0.15, 0.2) is 5.71 Å². The quantitative estimate of drug-likeness (QED) is 0.754. The van der Waals surface area contributed by atoms with Crippen LogP contribution in [0.25, 0.3) is 0 Å². The summed E-state index contributed by atoms with van der Waals surface area (Å²) >= 11 is 0. The number of nitrogens with one attached hydrogen (secondary N) is 1. The molecule has 6 heteroatoms. The fourth-order valence-electron chi connectivity index (χ4n) is 3.34. The summed E-state index contributed by atoms with van der Waals surface area (Å²) in [6, 6.07) is 19.4. The fraction of sp³-hybridized carbons (Fsp3) is 0.273. The van der Waals surface area contributed by atoms with Crippen LogP contribution >= 0.6 is 0 Å². The SMILES string of the molecule is COC(=O)C1=NN=CC1(NC(=O)CCc1ccccc1)C(C)c1ccccc1. The molecule has 2 unspecified atom stereocenters. The molecule has 0 spiro atoms. The molecular formula is C22H23N3O3. The molecule has 1 heterocycles. The largest absolute Gasteiger partial charge is 0.464 e. The van der Waals surface area contributed by atoms with E-state index in [4.69, 9.17) is 4.74 Å². The minimum atomic E-state index is -1.15. The zero-order valence-corrected chi connectivity index (χ0v) is 16.0. The van der Waals surface area contributed by atoms with E-state index in [-0.39, 0.29) is 24.0 Å². The minimum absolute atomic E-state index is 0.0828. The molecule has 0 aliphatic carbocycles. The van der Waals surface area contributed by atoms with E-state index in [0.717, 1.165) is 11.1 Å². The highest BCUT2D eigenvalue weighted by atomic mass is 16.5. The van der Waals surface area contributed by atoms with Gasteiger partial charge in [0.25, 0.3) is 0 Å². The van der Waals surface area contributed by atoms with Crippen LogP contribution in [-0.2, 0) is 20.7 Å². The molecule has 1 N–H and O–H groups in total. The number of ether oxygens (including phenoxy) is 1. The van der Waals surface area contributed by atoms with Crippen molar-refractivity contribution < 1.29 is 14.3 Å². The van der Waals surface area contributed by atoms with Gasteiger partial charge < -0.3 is 10.1 Å². The topological polar surface area (TPSA) is 80.1 Å². The summed E-state index contributed by atoms with van der Waals surface area (Å²) in [4.78, 5) is 25.1. The highest BCUT2D eigenvalue weighted by Gasteiger charge is 2.48. The lowest BCUT2D eigenvalue weighted by Gasteiger charge is -2.34. The summed E-state index contributed by atoms with van der Waals surface area (Å²) in [6.07, 6.45) is 2.41. The lowest BCUT2D eigenvalue weighted by molar-refractivity contribution is -0.133. The highest BCUT2D eigenvalue weighted by Crippen LogP contribution is 2.31. The Morgan fingerprint density at radius 3 is 2.36 bits per heavy atom. The summed E-state index contributed by atoms with van der Waals surface area (Å²) in [6.45, 7) is 1.93. The van der Waals surface area contributed by atoms with Crippen molar-refractivity contribution in [1.82, 2.24) is 5.32 Å². The third-order valence-electron chi connectivity index (χ3n) is 5.00. The van der Waals surface area contributed by atoms with Crippen molar-refractivity contribution in [1.29, 1.82) is 0 Å². The van der Waals surface area contributed by atoms with Gasteiger partial charge in [0.05, 0.1) is 13.3 Å². The van der Waals surface area contributed by atoms with Gasteiger partial charge in [0.2, 0.25) is 5.91 Å². The Hall–Kier alpha value is -3.28. The standard InChI is InChI=1S/C22H23N3O3/c1-16(18-11-7-4-8-12-18)22(15-23-25-20(22)21(27)28-2)24-19(26)14-13-17-9-5-3-6-10-17/h3-12,15-16H,13-14H2,1-2H3,(H,24,26). The molecule has 6 nitrogen and oxygen atoms in total. The van der Waals surface area contributed by atoms with Gasteiger partial charge in [-0.15, -0.1) is 5.10 Å². The first-order valence-electron chi connectivity index (χ1n) is 9.17. The number of carbonyl (C=O) groups is 2. The van der Waals surface area contributed by atoms with Crippen LogP contribution < -0.4 is 5.32 Å². The predicted molar refractivity (Wildman–Crippen MR) is 108 cm³/mol. The number of benzene rings is 2. The van der Waals surface area contributed by atoms with Crippen LogP contribution in [0.15, 0.2) is 70.9 Å². The van der Waals surface area contributed by atoms with Crippen molar-refractivity contribution in [3.05, 3.63) is 71.8 Å². The Bertz CT molecular complexity index is 894. The fourth-order valence-corrected chi connectivity index (χ4v) is 3.34. The third-order valence-corrected chi connectivity index (χ3v) is 5.00. The van der Waals surface area contributed by atoms with Crippen LogP contribution in [0.4, 0.5) is 0 Å². The molecule has 1 aliphatic heterocycles. The zero-order chi connectivity index (χ0) is 20.0. The summed E-state index contributed by atoms with van der Waals surface area (Å²) in [5.41, 5.74) is 0.961. The van der Waals surface area contributed by atoms with Crippen LogP contribution in [0.3, 0.4) is 0 Å². The second-order valence-corrected chi connectivity index (χ2v) is 6.72. The van der Waals surface area contributed by atoms with E-state index in [2.05, 4.69) is 15.5 Å². The molecule has 1 amide bonds. The van der Waals surface area contributed by atoms with Gasteiger partial charge in [0, 0.05) is 12.3 Å². The summed E-state index contributed by atoms with van der Waals surface area (Å²) in [5.74, 6) is -1.06. The first kappa shape index (κ1) is 19.5. The molecule has 2 atom stereocenters. The Morgan fingerprint density at radius 2 is 1.71 bits per heavy atom. The number of esters is 1. The Morgan fingerprint density at radius 1 is 1.07 bits per heavy atom. The van der Waals surface area contributed by atoms with E-state index >= 15 is 0 Å². The van der Waals surface area contributed by atoms with E-state index in [0.29, 0.717) is 6.42 Å². The molecular weight excluding hydrogens is 354 g/mol. The normalized spacial score (nSPS) is 19.0. The first-order chi connectivity index (χ1) is 13.6. The third kappa shape index (κ3) is 4.01. The van der Waals surface area contributed by atoms with Crippen molar-refractivity contribution in [2.24, 2.45) is 10.2 Å². The van der Waals surface area contributed by atoms with Crippen LogP contribution in [0.2, 0.25) is 0 Å². The number of rotatable bonds is 7. The van der Waals surface area contributed by atoms with Gasteiger partial charge in [-0.25, -0.2) is 4.79 Å². The van der Waals surface area contributed by atoms with Crippen molar-refractivity contribution in [3.63, 3.8) is 0 Å². The van der Waals surface area contributed by atoms with Gasteiger partial charge in [-0.05, 0) is 17.5 Å². The molecule has 28 heavy (non-hydrogen) atoms. The van der Waals surface area contributed by atoms with Crippen LogP contribution in [-0.4, -0.2) is 36.5 Å². The number of carbonyl (C=O) groups excluding carboxylic acids is 2. The molecule has 0 radical (unpaired) electrons. The van der Waals surface area contributed by atoms with Crippen molar-refractivity contribution in [2.75, 3.05) is 7.11 Å². The second kappa shape index (κ2) is 8.61. The average molecular weight is 377 g/mol. The maximum atomic E-state index is 12.8. The summed E-state index contributed by atoms with van der Waals surface area (Å²) < 4.78 is 4.89. The smallest absolute Gasteiger partial charge is 0.357 e. The van der Waals surface area contributed by atoms with E-state index in [1.807, 2.05) is 67.6 Å². The van der Waals surface area contributed by atoms with Gasteiger partial charge >= 0.3 is 5.97 Å². The number of hydrogen-bond acceptors (Lipinski definition) is 5. The number of aryl methyl sites for hydroxylation is 1. The Kier molecular flexibility index (Phi) is 5.99. The number of methoxy groups -OCH3 is 1. The van der Waals surface area contributed by atoms with Crippen LogP contribution in [0, 0.1) is 0 Å². The van der Waals surface area contributed by atoms with Crippen LogP contribution in [0.5, 0.6) is 0 Å². The number of nitrogens with zero attached hydrogens (tertiary/aromatic N) is 2. The minimum Gasteiger partial charge on any atom is -0.464 e. The highest BCUT2D eigenvalue weighted by molar-refractivity contribution is 6.45. The molecule has 0 saturated carbocycles. The molecule has 3 rings (SSSR count). The van der Waals surface area contributed by atoms with E-state index in [9.17, 15) is 9.59 Å². The lowest BCUT2D eigenvalue weighted by atomic mass is 9.77. The molecule has 2 aromatic rings. The maximum absolute atomic E-state index is 12.8. The number of hydrogen-bond donors (Lipinski definition) is 1. The molecule has 2 aromatic carbocycles. The van der Waals surface area contributed by atoms with E-state index in [1.165, 1.54) is 13.3 Å². The zero-order valence-electron chi connectivity index (χ0n) is 16.0. The lowest BCUT2D eigenvalue weighted by Crippen LogP contribution is -2.60. The maximum Gasteiger partial charge on any atom is 0.357 e. The summed E-state index contributed by atoms with van der Waals surface area (Å²) in [7, 11) is 1.29. The molecule has 144 valence electrons. The van der Waals surface area contributed by atoms with Crippen LogP contribution in [0.1, 0.15) is 30.4 Å². The van der Waals surface area contributed by atoms with Gasteiger partial charge in [-0.2, -0.15) is 5.10 Å². The molecule has 1 aliphatic rings. The molecule has 0 saturated heterocycles. The monoisotopic (exact) mass is 377 g/mol. The van der Waals surface area contributed by atoms with Gasteiger partial charge in [-0.1, -0.05) is 67.6 Å². The van der Waals surface area contributed by atoms with Crippen molar-refractivity contribution in [3.8, 4) is 0 Å². The van der Waals surface area contributed by atoms with Gasteiger partial charge in [0.1, 0.15) is 5.54 Å². The molecule has 0 aromatic heterocycles. The number of amides is 1. The molecule has 0 fully saturated rings. The van der Waals surface area contributed by atoms with Gasteiger partial charge in [-0.3, -0.25) is 4.79 Å². The predicted octanol–water partition coefficient (Wildman–Crippen LogP) is 2.89. The van der Waals surface area contributed by atoms with Crippen molar-refractivity contribution in [2.45, 2.75) is 31.2 Å². The Labute approximate surface area is 164 Å². The Balaban J connectivity index is 1.85.